The van der Waals surface area contributed by atoms with Crippen LogP contribution in [-0.4, -0.2) is 38.5 Å². The number of oxazole rings is 1. The maximum absolute atomic E-state index is 13.3. The minimum Gasteiger partial charge on any atom is -0.465 e. The van der Waals surface area contributed by atoms with Crippen molar-refractivity contribution >= 4 is 40.1 Å². The van der Waals surface area contributed by atoms with E-state index in [2.05, 4.69) is 15.3 Å². The summed E-state index contributed by atoms with van der Waals surface area (Å²) < 4.78 is 5.27. The first-order chi connectivity index (χ1) is 12.6. The summed E-state index contributed by atoms with van der Waals surface area (Å²) >= 11 is 1.29. The number of anilines is 1. The Balaban J connectivity index is 1.73. The molecule has 26 heavy (non-hydrogen) atoms. The van der Waals surface area contributed by atoms with Gasteiger partial charge in [0.25, 0.3) is 5.91 Å². The lowest BCUT2D eigenvalue weighted by Crippen LogP contribution is -2.58. The fraction of sp³-hybridized carbons (Fsp3) is 0.294. The molecule has 2 aromatic heterocycles. The number of fused-ring (bicyclic) bond motifs is 1. The van der Waals surface area contributed by atoms with Gasteiger partial charge in [-0.05, 0) is 31.4 Å². The first kappa shape index (κ1) is 16.5. The van der Waals surface area contributed by atoms with Crippen LogP contribution in [-0.2, 0) is 10.3 Å². The van der Waals surface area contributed by atoms with Crippen LogP contribution in [0.5, 0.6) is 0 Å². The number of amides is 2. The number of thiazole rings is 1. The van der Waals surface area contributed by atoms with Gasteiger partial charge in [-0.15, -0.1) is 11.3 Å². The van der Waals surface area contributed by atoms with Crippen molar-refractivity contribution in [2.45, 2.75) is 24.8 Å². The molecule has 0 bridgehead atoms. The molecule has 1 unspecified atom stereocenters. The molecule has 0 aliphatic carbocycles. The number of piperidine rings is 1. The average molecular weight is 372 g/mol. The van der Waals surface area contributed by atoms with Crippen LogP contribution in [0.3, 0.4) is 0 Å². The highest BCUT2D eigenvalue weighted by molar-refractivity contribution is 7.09. The molecule has 2 amide bonds. The molecule has 4 rings (SSSR count). The lowest BCUT2D eigenvalue weighted by atomic mass is 9.86. The molecule has 1 fully saturated rings. The molecule has 8 nitrogen and oxygen atoms in total. The molecule has 3 heterocycles. The van der Waals surface area contributed by atoms with E-state index in [9.17, 15) is 14.7 Å². The average Bonchev–Trinajstić information content (AvgIpc) is 3.33. The monoisotopic (exact) mass is 372 g/mol. The summed E-state index contributed by atoms with van der Waals surface area (Å²) in [6.45, 7) is 0.295. The maximum atomic E-state index is 13.3. The Kier molecular flexibility index (Phi) is 4.08. The van der Waals surface area contributed by atoms with Crippen molar-refractivity contribution in [3.05, 3.63) is 41.2 Å². The van der Waals surface area contributed by atoms with Crippen molar-refractivity contribution in [2.24, 2.45) is 0 Å². The zero-order chi connectivity index (χ0) is 18.1. The third-order valence-corrected chi connectivity index (χ3v) is 5.54. The van der Waals surface area contributed by atoms with E-state index in [0.29, 0.717) is 34.8 Å². The zero-order valence-corrected chi connectivity index (χ0v) is 14.5. The van der Waals surface area contributed by atoms with Crippen LogP contribution in [0.1, 0.15) is 24.3 Å². The Morgan fingerprint density at radius 1 is 1.31 bits per heavy atom. The summed E-state index contributed by atoms with van der Waals surface area (Å²) in [4.78, 5) is 34.7. The van der Waals surface area contributed by atoms with E-state index in [1.807, 2.05) is 0 Å². The molecule has 1 saturated heterocycles. The molecule has 1 aliphatic rings. The second-order valence-electron chi connectivity index (χ2n) is 6.08. The Labute approximate surface area is 152 Å². The SMILES string of the molecule is O=C(O)N1CCCCC1(C(=O)Nc1ccc2ncoc2c1)c1nccs1. The first-order valence-corrected chi connectivity index (χ1v) is 9.04. The Bertz CT molecular complexity index is 955. The standard InChI is InChI=1S/C17H16N4O4S/c22-14(20-11-3-4-12-13(9-11)25-10-19-12)17(15-18-6-8-26-15)5-1-2-7-21(17)16(23)24/h3-4,6,8-10H,1-2,5,7H2,(H,20,22)(H,23,24). The van der Waals surface area contributed by atoms with Gasteiger partial charge in [0, 0.05) is 29.9 Å². The molecule has 2 N–H and O–H groups in total. The first-order valence-electron chi connectivity index (χ1n) is 8.16. The van der Waals surface area contributed by atoms with Crippen molar-refractivity contribution in [3.8, 4) is 0 Å². The third kappa shape index (κ3) is 2.60. The van der Waals surface area contributed by atoms with Gasteiger partial charge in [-0.3, -0.25) is 9.69 Å². The number of aromatic nitrogens is 2. The predicted molar refractivity (Wildman–Crippen MR) is 95.0 cm³/mol. The van der Waals surface area contributed by atoms with Gasteiger partial charge in [-0.1, -0.05) is 0 Å². The number of carbonyl (C=O) groups excluding carboxylic acids is 1. The molecule has 1 atom stereocenters. The van der Waals surface area contributed by atoms with Crippen molar-refractivity contribution in [1.82, 2.24) is 14.9 Å². The molecule has 3 aromatic rings. The highest BCUT2D eigenvalue weighted by Gasteiger charge is 2.51. The van der Waals surface area contributed by atoms with Gasteiger partial charge < -0.3 is 14.8 Å². The second kappa shape index (κ2) is 6.41. The number of benzene rings is 1. The van der Waals surface area contributed by atoms with Crippen LogP contribution in [0.4, 0.5) is 10.5 Å². The van der Waals surface area contributed by atoms with E-state index in [0.717, 1.165) is 12.8 Å². The van der Waals surface area contributed by atoms with Crippen LogP contribution in [0.25, 0.3) is 11.1 Å². The number of nitrogens with zero attached hydrogens (tertiary/aromatic N) is 3. The third-order valence-electron chi connectivity index (χ3n) is 4.61. The molecule has 0 spiro atoms. The largest absolute Gasteiger partial charge is 0.465 e. The van der Waals surface area contributed by atoms with Crippen LogP contribution >= 0.6 is 11.3 Å². The minimum atomic E-state index is -1.32. The maximum Gasteiger partial charge on any atom is 0.408 e. The zero-order valence-electron chi connectivity index (χ0n) is 13.7. The number of carbonyl (C=O) groups is 2. The number of likely N-dealkylation sites (tertiary alicyclic amines) is 1. The van der Waals surface area contributed by atoms with Gasteiger partial charge in [0.05, 0.1) is 0 Å². The summed E-state index contributed by atoms with van der Waals surface area (Å²) in [7, 11) is 0. The second-order valence-corrected chi connectivity index (χ2v) is 6.97. The highest BCUT2D eigenvalue weighted by atomic mass is 32.1. The Morgan fingerprint density at radius 2 is 2.19 bits per heavy atom. The number of carboxylic acid groups (broad SMARTS) is 1. The molecular weight excluding hydrogens is 356 g/mol. The smallest absolute Gasteiger partial charge is 0.408 e. The normalized spacial score (nSPS) is 20.2. The number of hydrogen-bond acceptors (Lipinski definition) is 6. The summed E-state index contributed by atoms with van der Waals surface area (Å²) in [6.07, 6.45) is 3.66. The molecule has 1 aromatic carbocycles. The topological polar surface area (TPSA) is 109 Å². The van der Waals surface area contributed by atoms with Crippen molar-refractivity contribution in [3.63, 3.8) is 0 Å². The van der Waals surface area contributed by atoms with Gasteiger partial charge in [0.15, 0.2) is 17.5 Å². The number of rotatable bonds is 3. The van der Waals surface area contributed by atoms with Crippen LogP contribution in [0, 0.1) is 0 Å². The van der Waals surface area contributed by atoms with Gasteiger partial charge in [0.1, 0.15) is 10.5 Å². The van der Waals surface area contributed by atoms with Gasteiger partial charge in [0.2, 0.25) is 0 Å². The minimum absolute atomic E-state index is 0.295. The van der Waals surface area contributed by atoms with E-state index in [-0.39, 0.29) is 0 Å². The van der Waals surface area contributed by atoms with E-state index < -0.39 is 17.5 Å². The summed E-state index contributed by atoms with van der Waals surface area (Å²) in [5, 5.41) is 14.8. The molecular formula is C17H16N4O4S. The van der Waals surface area contributed by atoms with E-state index >= 15 is 0 Å². The lowest BCUT2D eigenvalue weighted by molar-refractivity contribution is -0.130. The molecule has 9 heteroatoms. The van der Waals surface area contributed by atoms with Gasteiger partial charge in [-0.2, -0.15) is 0 Å². The Morgan fingerprint density at radius 3 is 2.96 bits per heavy atom. The number of hydrogen-bond donors (Lipinski definition) is 2. The molecule has 0 radical (unpaired) electrons. The van der Waals surface area contributed by atoms with E-state index in [4.69, 9.17) is 4.42 Å². The molecule has 0 saturated carbocycles. The molecule has 1 aliphatic heterocycles. The van der Waals surface area contributed by atoms with Crippen LogP contribution < -0.4 is 5.32 Å². The quantitative estimate of drug-likeness (QED) is 0.730. The van der Waals surface area contributed by atoms with Gasteiger partial charge >= 0.3 is 6.09 Å². The summed E-state index contributed by atoms with van der Waals surface area (Å²) in [6, 6.07) is 5.12. The van der Waals surface area contributed by atoms with Crippen LogP contribution in [0.15, 0.2) is 40.6 Å². The fourth-order valence-electron chi connectivity index (χ4n) is 3.39. The molecule has 134 valence electrons. The van der Waals surface area contributed by atoms with Crippen molar-refractivity contribution in [2.75, 3.05) is 11.9 Å². The summed E-state index contributed by atoms with van der Waals surface area (Å²) in [5.41, 5.74) is 0.424. The summed E-state index contributed by atoms with van der Waals surface area (Å²) in [5.74, 6) is -0.409. The number of nitrogens with one attached hydrogen (secondary N) is 1. The Hall–Kier alpha value is -2.94. The van der Waals surface area contributed by atoms with Crippen LogP contribution in [0.2, 0.25) is 0 Å². The fourth-order valence-corrected chi connectivity index (χ4v) is 4.26. The lowest BCUT2D eigenvalue weighted by Gasteiger charge is -2.42. The highest BCUT2D eigenvalue weighted by Crippen LogP contribution is 2.40. The predicted octanol–water partition coefficient (Wildman–Crippen LogP) is 3.28. The van der Waals surface area contributed by atoms with Crippen molar-refractivity contribution < 1.29 is 19.1 Å². The van der Waals surface area contributed by atoms with E-state index in [1.165, 1.54) is 22.6 Å². The van der Waals surface area contributed by atoms with Crippen molar-refractivity contribution in [1.29, 1.82) is 0 Å². The van der Waals surface area contributed by atoms with Gasteiger partial charge in [-0.25, -0.2) is 14.8 Å². The van der Waals surface area contributed by atoms with E-state index in [1.54, 1.807) is 29.8 Å².